The minimum atomic E-state index is 0.251. The number of allylic oxidation sites excluding steroid dienone is 1. The van der Waals surface area contributed by atoms with E-state index >= 15 is 0 Å². The van der Waals surface area contributed by atoms with Crippen molar-refractivity contribution >= 4 is 0 Å². The number of methoxy groups -OCH3 is 1. The second-order valence-electron chi connectivity index (χ2n) is 6.15. The van der Waals surface area contributed by atoms with Gasteiger partial charge in [-0.05, 0) is 36.5 Å². The molecule has 0 aromatic carbocycles. The molecule has 0 heterocycles. The van der Waals surface area contributed by atoms with Crippen molar-refractivity contribution < 1.29 is 14.2 Å². The summed E-state index contributed by atoms with van der Waals surface area (Å²) >= 11 is 0. The first-order valence-electron chi connectivity index (χ1n) is 7.35. The van der Waals surface area contributed by atoms with Crippen molar-refractivity contribution in [1.82, 2.24) is 0 Å². The van der Waals surface area contributed by atoms with Crippen LogP contribution < -0.4 is 0 Å². The van der Waals surface area contributed by atoms with Gasteiger partial charge >= 0.3 is 0 Å². The van der Waals surface area contributed by atoms with Crippen LogP contribution in [-0.2, 0) is 14.2 Å². The van der Waals surface area contributed by atoms with Crippen LogP contribution in [0.25, 0.3) is 0 Å². The molecule has 0 aromatic heterocycles. The molecule has 1 saturated carbocycles. The third kappa shape index (κ3) is 4.90. The molecule has 1 fully saturated rings. The highest BCUT2D eigenvalue weighted by Gasteiger charge is 2.39. The smallest absolute Gasteiger partial charge is 0.146 e. The summed E-state index contributed by atoms with van der Waals surface area (Å²) in [5, 5.41) is 0. The van der Waals surface area contributed by atoms with Gasteiger partial charge in [0.2, 0.25) is 0 Å². The molecule has 1 aliphatic rings. The van der Waals surface area contributed by atoms with Crippen LogP contribution in [0.4, 0.5) is 0 Å². The standard InChI is InChI=1S/C16H30O3/c1-13(2)15-6-7-16(4,14(15)3)8-9-18-12-19-11-10-17-5/h13,15H,3,6-12H2,1-2,4-5H3/t15-,16-/m1/s1. The zero-order valence-corrected chi connectivity index (χ0v) is 13.0. The molecule has 0 N–H and O–H groups in total. The highest BCUT2D eigenvalue weighted by molar-refractivity contribution is 5.18. The lowest BCUT2D eigenvalue weighted by molar-refractivity contribution is -0.0701. The van der Waals surface area contributed by atoms with Crippen molar-refractivity contribution in [2.24, 2.45) is 17.3 Å². The molecule has 1 aliphatic carbocycles. The molecule has 0 unspecified atom stereocenters. The van der Waals surface area contributed by atoms with Crippen LogP contribution in [0.15, 0.2) is 12.2 Å². The highest BCUT2D eigenvalue weighted by atomic mass is 16.7. The van der Waals surface area contributed by atoms with Crippen LogP contribution in [0.3, 0.4) is 0 Å². The largest absolute Gasteiger partial charge is 0.382 e. The van der Waals surface area contributed by atoms with E-state index in [1.165, 1.54) is 18.4 Å². The van der Waals surface area contributed by atoms with Crippen LogP contribution in [0.2, 0.25) is 0 Å². The van der Waals surface area contributed by atoms with E-state index in [9.17, 15) is 0 Å². The second-order valence-corrected chi connectivity index (χ2v) is 6.15. The van der Waals surface area contributed by atoms with Crippen molar-refractivity contribution in [3.63, 3.8) is 0 Å². The normalized spacial score (nSPS) is 27.4. The number of hydrogen-bond donors (Lipinski definition) is 0. The van der Waals surface area contributed by atoms with E-state index in [1.54, 1.807) is 7.11 Å². The fraction of sp³-hybridized carbons (Fsp3) is 0.875. The molecule has 0 saturated heterocycles. The first kappa shape index (κ1) is 16.7. The molecule has 0 spiro atoms. The van der Waals surface area contributed by atoms with E-state index in [0.29, 0.717) is 31.8 Å². The molecule has 2 atom stereocenters. The van der Waals surface area contributed by atoms with Gasteiger partial charge in [0.05, 0.1) is 19.8 Å². The molecule has 3 nitrogen and oxygen atoms in total. The molecular formula is C16H30O3. The number of ether oxygens (including phenoxy) is 3. The van der Waals surface area contributed by atoms with Gasteiger partial charge in [0.1, 0.15) is 6.79 Å². The molecular weight excluding hydrogens is 240 g/mol. The van der Waals surface area contributed by atoms with Crippen LogP contribution in [0, 0.1) is 17.3 Å². The predicted octanol–water partition coefficient (Wildman–Crippen LogP) is 3.64. The van der Waals surface area contributed by atoms with Crippen molar-refractivity contribution in [3.8, 4) is 0 Å². The quantitative estimate of drug-likeness (QED) is 0.364. The van der Waals surface area contributed by atoms with Gasteiger partial charge in [-0.25, -0.2) is 0 Å². The van der Waals surface area contributed by atoms with Gasteiger partial charge in [-0.3, -0.25) is 0 Å². The lowest BCUT2D eigenvalue weighted by Gasteiger charge is -2.28. The second kappa shape index (κ2) is 8.03. The third-order valence-corrected chi connectivity index (χ3v) is 4.43. The summed E-state index contributed by atoms with van der Waals surface area (Å²) in [5.41, 5.74) is 1.67. The maximum atomic E-state index is 5.53. The lowest BCUT2D eigenvalue weighted by atomic mass is 9.78. The minimum Gasteiger partial charge on any atom is -0.382 e. The Hall–Kier alpha value is -0.380. The van der Waals surface area contributed by atoms with Gasteiger partial charge in [-0.1, -0.05) is 32.9 Å². The van der Waals surface area contributed by atoms with Gasteiger partial charge in [-0.2, -0.15) is 0 Å². The van der Waals surface area contributed by atoms with E-state index in [4.69, 9.17) is 14.2 Å². The summed E-state index contributed by atoms with van der Waals surface area (Å²) in [6.45, 7) is 13.6. The Morgan fingerprint density at radius 3 is 2.53 bits per heavy atom. The third-order valence-electron chi connectivity index (χ3n) is 4.43. The Morgan fingerprint density at radius 1 is 1.26 bits per heavy atom. The molecule has 19 heavy (non-hydrogen) atoms. The minimum absolute atomic E-state index is 0.251. The zero-order valence-electron chi connectivity index (χ0n) is 13.0. The molecule has 0 bridgehead atoms. The summed E-state index contributed by atoms with van der Waals surface area (Å²) in [4.78, 5) is 0. The molecule has 3 heteroatoms. The molecule has 112 valence electrons. The van der Waals surface area contributed by atoms with Crippen molar-refractivity contribution in [2.75, 3.05) is 33.7 Å². The molecule has 0 amide bonds. The molecule has 0 radical (unpaired) electrons. The van der Waals surface area contributed by atoms with Crippen LogP contribution in [0.1, 0.15) is 40.0 Å². The Morgan fingerprint density at radius 2 is 1.95 bits per heavy atom. The summed E-state index contributed by atoms with van der Waals surface area (Å²) in [7, 11) is 1.67. The maximum absolute atomic E-state index is 5.53. The van der Waals surface area contributed by atoms with E-state index in [1.807, 2.05) is 0 Å². The average molecular weight is 270 g/mol. The monoisotopic (exact) mass is 270 g/mol. The fourth-order valence-electron chi connectivity index (χ4n) is 2.89. The Balaban J connectivity index is 2.20. The molecule has 1 rings (SSSR count). The summed E-state index contributed by atoms with van der Waals surface area (Å²) in [6.07, 6.45) is 3.56. The van der Waals surface area contributed by atoms with Gasteiger partial charge in [-0.15, -0.1) is 0 Å². The average Bonchev–Trinajstić information content (AvgIpc) is 2.65. The van der Waals surface area contributed by atoms with Gasteiger partial charge in [0.25, 0.3) is 0 Å². The SMILES string of the molecule is C=C1[C@@H](C(C)C)CC[C@]1(C)CCOCOCCOC. The summed E-state index contributed by atoms with van der Waals surface area (Å²) in [5.74, 6) is 1.38. The zero-order chi connectivity index (χ0) is 14.3. The van der Waals surface area contributed by atoms with Crippen LogP contribution in [-0.4, -0.2) is 33.7 Å². The lowest BCUT2D eigenvalue weighted by Crippen LogP contribution is -2.20. The van der Waals surface area contributed by atoms with E-state index in [0.717, 1.165) is 13.0 Å². The van der Waals surface area contributed by atoms with E-state index < -0.39 is 0 Å². The van der Waals surface area contributed by atoms with Gasteiger partial charge < -0.3 is 14.2 Å². The summed E-state index contributed by atoms with van der Waals surface area (Å²) in [6, 6.07) is 0. The topological polar surface area (TPSA) is 27.7 Å². The predicted molar refractivity (Wildman–Crippen MR) is 78.1 cm³/mol. The van der Waals surface area contributed by atoms with Crippen molar-refractivity contribution in [1.29, 1.82) is 0 Å². The Labute approximate surface area is 118 Å². The molecule has 0 aliphatic heterocycles. The summed E-state index contributed by atoms with van der Waals surface area (Å²) < 4.78 is 15.7. The Bertz CT molecular complexity index is 275. The fourth-order valence-corrected chi connectivity index (χ4v) is 2.89. The first-order valence-corrected chi connectivity index (χ1v) is 7.35. The van der Waals surface area contributed by atoms with E-state index in [2.05, 4.69) is 27.4 Å². The van der Waals surface area contributed by atoms with Crippen molar-refractivity contribution in [2.45, 2.75) is 40.0 Å². The number of rotatable bonds is 9. The van der Waals surface area contributed by atoms with E-state index in [-0.39, 0.29) is 5.41 Å². The maximum Gasteiger partial charge on any atom is 0.146 e. The number of hydrogen-bond acceptors (Lipinski definition) is 3. The Kier molecular flexibility index (Phi) is 7.05. The van der Waals surface area contributed by atoms with Crippen molar-refractivity contribution in [3.05, 3.63) is 12.2 Å². The molecule has 0 aromatic rings. The van der Waals surface area contributed by atoms with Gasteiger partial charge in [0, 0.05) is 7.11 Å². The highest BCUT2D eigenvalue weighted by Crippen LogP contribution is 2.50. The van der Waals surface area contributed by atoms with Crippen LogP contribution >= 0.6 is 0 Å². The van der Waals surface area contributed by atoms with Crippen LogP contribution in [0.5, 0.6) is 0 Å². The first-order chi connectivity index (χ1) is 9.01. The van der Waals surface area contributed by atoms with Gasteiger partial charge in [0.15, 0.2) is 0 Å².